The molecule has 30 heavy (non-hydrogen) atoms. The summed E-state index contributed by atoms with van der Waals surface area (Å²) in [6, 6.07) is 19.5. The average molecular weight is 421 g/mol. The first kappa shape index (κ1) is 20.4. The highest BCUT2D eigenvalue weighted by atomic mass is 35.5. The molecule has 0 N–H and O–H groups in total. The first-order chi connectivity index (χ1) is 14.6. The number of alkyl halides is 1. The fourth-order valence-electron chi connectivity index (χ4n) is 3.69. The Balaban J connectivity index is 1.66. The molecule has 1 aromatic heterocycles. The molecule has 0 aliphatic carbocycles. The van der Waals surface area contributed by atoms with Crippen molar-refractivity contribution in [1.82, 2.24) is 14.9 Å². The van der Waals surface area contributed by atoms with E-state index in [-0.39, 0.29) is 5.91 Å². The van der Waals surface area contributed by atoms with Crippen LogP contribution in [0.4, 0.5) is 5.82 Å². The van der Waals surface area contributed by atoms with Crippen molar-refractivity contribution >= 4 is 23.3 Å². The summed E-state index contributed by atoms with van der Waals surface area (Å²) in [5.41, 5.74) is 3.83. The molecule has 0 fully saturated rings. The second-order valence-electron chi connectivity index (χ2n) is 7.46. The summed E-state index contributed by atoms with van der Waals surface area (Å²) < 4.78 is 0. The topological polar surface area (TPSA) is 49.3 Å². The molecular weight excluding hydrogens is 396 g/mol. The van der Waals surface area contributed by atoms with Gasteiger partial charge in [-0.3, -0.25) is 4.79 Å². The number of nitrogens with zero attached hydrogens (tertiary/aromatic N) is 4. The number of benzene rings is 2. The minimum atomic E-state index is -0.690. The number of aromatic nitrogens is 2. The number of halogens is 1. The molecule has 1 atom stereocenters. The lowest BCUT2D eigenvalue weighted by Crippen LogP contribution is -2.39. The first-order valence-corrected chi connectivity index (χ1v) is 10.7. The zero-order valence-corrected chi connectivity index (χ0v) is 18.0. The maximum absolute atomic E-state index is 13.1. The summed E-state index contributed by atoms with van der Waals surface area (Å²) >= 11 is 6.52. The molecule has 154 valence electrons. The largest absolute Gasteiger partial charge is 0.360 e. The van der Waals surface area contributed by atoms with Gasteiger partial charge in [0, 0.05) is 37.7 Å². The van der Waals surface area contributed by atoms with Gasteiger partial charge in [-0.25, -0.2) is 9.97 Å². The van der Waals surface area contributed by atoms with Crippen LogP contribution in [0, 0.1) is 0 Å². The highest BCUT2D eigenvalue weighted by Crippen LogP contribution is 2.31. The van der Waals surface area contributed by atoms with Crippen LogP contribution >= 0.6 is 11.6 Å². The summed E-state index contributed by atoms with van der Waals surface area (Å²) in [6.45, 7) is 3.97. The van der Waals surface area contributed by atoms with Gasteiger partial charge in [-0.05, 0) is 12.5 Å². The monoisotopic (exact) mass is 420 g/mol. The first-order valence-electron chi connectivity index (χ1n) is 10.2. The van der Waals surface area contributed by atoms with Crippen LogP contribution in [-0.2, 0) is 17.8 Å². The molecule has 1 amide bonds. The Hall–Kier alpha value is -2.92. The van der Waals surface area contributed by atoms with Crippen LogP contribution < -0.4 is 4.90 Å². The number of carbonyl (C=O) groups excluding carboxylic acids is 1. The van der Waals surface area contributed by atoms with Gasteiger partial charge in [0.15, 0.2) is 5.82 Å². The van der Waals surface area contributed by atoms with Crippen LogP contribution in [-0.4, -0.2) is 40.9 Å². The number of amides is 1. The Bertz CT molecular complexity index is 1030. The zero-order chi connectivity index (χ0) is 21.1. The van der Waals surface area contributed by atoms with E-state index in [1.807, 2.05) is 72.6 Å². The molecule has 2 heterocycles. The summed E-state index contributed by atoms with van der Waals surface area (Å²) in [5.74, 6) is 1.53. The van der Waals surface area contributed by atoms with Crippen molar-refractivity contribution in [2.45, 2.75) is 25.3 Å². The smallest absolute Gasteiger partial charge is 0.245 e. The molecule has 5 nitrogen and oxygen atoms in total. The summed E-state index contributed by atoms with van der Waals surface area (Å²) in [4.78, 5) is 26.7. The lowest BCUT2D eigenvalue weighted by Gasteiger charge is -2.32. The van der Waals surface area contributed by atoms with Crippen molar-refractivity contribution in [3.63, 3.8) is 0 Å². The van der Waals surface area contributed by atoms with E-state index < -0.39 is 5.38 Å². The normalized spacial score (nSPS) is 14.2. The standard InChI is InChI=1S/C24H25ClN4O/c1-3-28(2)23-19-16-29(24(30)21(25)17-10-6-4-7-11-17)15-14-20(19)26-22(27-23)18-12-8-5-9-13-18/h4-13,21H,3,14-16H2,1-2H3. The van der Waals surface area contributed by atoms with E-state index in [4.69, 9.17) is 21.6 Å². The summed E-state index contributed by atoms with van der Waals surface area (Å²) in [5, 5.41) is -0.690. The van der Waals surface area contributed by atoms with Gasteiger partial charge in [0.1, 0.15) is 11.2 Å². The molecule has 4 rings (SSSR count). The maximum atomic E-state index is 13.1. The third kappa shape index (κ3) is 4.03. The average Bonchev–Trinajstić information content (AvgIpc) is 2.82. The second kappa shape index (κ2) is 8.84. The van der Waals surface area contributed by atoms with E-state index in [1.54, 1.807) is 0 Å². The molecule has 0 saturated heterocycles. The lowest BCUT2D eigenvalue weighted by molar-refractivity contribution is -0.131. The zero-order valence-electron chi connectivity index (χ0n) is 17.3. The highest BCUT2D eigenvalue weighted by Gasteiger charge is 2.30. The predicted molar refractivity (Wildman–Crippen MR) is 121 cm³/mol. The van der Waals surface area contributed by atoms with E-state index in [2.05, 4.69) is 11.8 Å². The fraction of sp³-hybridized carbons (Fsp3) is 0.292. The van der Waals surface area contributed by atoms with E-state index in [0.717, 1.165) is 40.6 Å². The second-order valence-corrected chi connectivity index (χ2v) is 7.90. The predicted octanol–water partition coefficient (Wildman–Crippen LogP) is 4.46. The Morgan fingerprint density at radius 2 is 1.77 bits per heavy atom. The van der Waals surface area contributed by atoms with Gasteiger partial charge in [-0.15, -0.1) is 11.6 Å². The van der Waals surface area contributed by atoms with Gasteiger partial charge in [-0.1, -0.05) is 60.7 Å². The van der Waals surface area contributed by atoms with Crippen LogP contribution in [0.2, 0.25) is 0 Å². The molecule has 0 spiro atoms. The van der Waals surface area contributed by atoms with Crippen molar-refractivity contribution in [1.29, 1.82) is 0 Å². The summed E-state index contributed by atoms with van der Waals surface area (Å²) in [7, 11) is 2.02. The third-order valence-corrected chi connectivity index (χ3v) is 5.97. The number of fused-ring (bicyclic) bond motifs is 1. The molecule has 1 aliphatic heterocycles. The Morgan fingerprint density at radius 3 is 2.43 bits per heavy atom. The highest BCUT2D eigenvalue weighted by molar-refractivity contribution is 6.30. The quantitative estimate of drug-likeness (QED) is 0.571. The van der Waals surface area contributed by atoms with Crippen LogP contribution in [0.5, 0.6) is 0 Å². The lowest BCUT2D eigenvalue weighted by atomic mass is 10.0. The van der Waals surface area contributed by atoms with E-state index in [9.17, 15) is 4.79 Å². The van der Waals surface area contributed by atoms with Gasteiger partial charge in [0.25, 0.3) is 0 Å². The molecule has 6 heteroatoms. The van der Waals surface area contributed by atoms with Crippen LogP contribution in [0.25, 0.3) is 11.4 Å². The number of anilines is 1. The third-order valence-electron chi connectivity index (χ3n) is 5.53. The number of rotatable bonds is 5. The molecule has 1 unspecified atom stereocenters. The Kier molecular flexibility index (Phi) is 6.00. The van der Waals surface area contributed by atoms with Crippen LogP contribution in [0.3, 0.4) is 0 Å². The van der Waals surface area contributed by atoms with E-state index in [1.165, 1.54) is 0 Å². The molecule has 0 radical (unpaired) electrons. The van der Waals surface area contributed by atoms with E-state index in [0.29, 0.717) is 19.5 Å². The van der Waals surface area contributed by atoms with Crippen molar-refractivity contribution in [3.8, 4) is 11.4 Å². The summed E-state index contributed by atoms with van der Waals surface area (Å²) in [6.07, 6.45) is 0.687. The fourth-order valence-corrected chi connectivity index (χ4v) is 3.98. The van der Waals surface area contributed by atoms with Crippen molar-refractivity contribution in [3.05, 3.63) is 77.5 Å². The Morgan fingerprint density at radius 1 is 1.10 bits per heavy atom. The van der Waals surface area contributed by atoms with Crippen molar-refractivity contribution in [2.24, 2.45) is 0 Å². The number of hydrogen-bond donors (Lipinski definition) is 0. The van der Waals surface area contributed by atoms with Gasteiger partial charge in [0.2, 0.25) is 5.91 Å². The molecule has 0 bridgehead atoms. The minimum absolute atomic E-state index is 0.0780. The van der Waals surface area contributed by atoms with Crippen molar-refractivity contribution in [2.75, 3.05) is 25.0 Å². The molecule has 2 aromatic carbocycles. The van der Waals surface area contributed by atoms with Crippen molar-refractivity contribution < 1.29 is 4.79 Å². The van der Waals surface area contributed by atoms with E-state index >= 15 is 0 Å². The molecule has 1 aliphatic rings. The van der Waals surface area contributed by atoms with Gasteiger partial charge < -0.3 is 9.80 Å². The molecular formula is C24H25ClN4O. The van der Waals surface area contributed by atoms with Gasteiger partial charge in [0.05, 0.1) is 12.2 Å². The Labute approximate surface area is 182 Å². The van der Waals surface area contributed by atoms with Gasteiger partial charge in [-0.2, -0.15) is 0 Å². The van der Waals surface area contributed by atoms with Gasteiger partial charge >= 0.3 is 0 Å². The molecule has 0 saturated carbocycles. The minimum Gasteiger partial charge on any atom is -0.360 e. The number of hydrogen-bond acceptors (Lipinski definition) is 4. The maximum Gasteiger partial charge on any atom is 0.245 e. The molecule has 3 aromatic rings. The SMILES string of the molecule is CCN(C)c1nc(-c2ccccc2)nc2c1CN(C(=O)C(Cl)c1ccccc1)CC2. The number of carbonyl (C=O) groups is 1. The van der Waals surface area contributed by atoms with Crippen LogP contribution in [0.15, 0.2) is 60.7 Å². The van der Waals surface area contributed by atoms with Crippen LogP contribution in [0.1, 0.15) is 29.1 Å².